The second-order valence-electron chi connectivity index (χ2n) is 6.57. The molecule has 3 N–H and O–H groups in total. The lowest BCUT2D eigenvalue weighted by atomic mass is 9.88. The van der Waals surface area contributed by atoms with E-state index in [9.17, 15) is 9.59 Å². The third-order valence-corrected chi connectivity index (χ3v) is 6.58. The summed E-state index contributed by atoms with van der Waals surface area (Å²) in [5, 5.41) is 3.52. The zero-order chi connectivity index (χ0) is 18.0. The fraction of sp³-hybridized carbons (Fsp3) is 0.368. The summed E-state index contributed by atoms with van der Waals surface area (Å²) in [6.07, 6.45) is 2.87. The number of fused-ring (bicyclic) bond motifs is 1. The molecule has 0 radical (unpaired) electrons. The highest BCUT2D eigenvalue weighted by atomic mass is 32.2. The van der Waals surface area contributed by atoms with E-state index in [4.69, 9.17) is 5.73 Å². The van der Waals surface area contributed by atoms with Crippen molar-refractivity contribution in [3.8, 4) is 0 Å². The molecule has 0 bridgehead atoms. The van der Waals surface area contributed by atoms with Gasteiger partial charge in [-0.05, 0) is 49.8 Å². The van der Waals surface area contributed by atoms with E-state index in [1.807, 2.05) is 31.2 Å². The summed E-state index contributed by atoms with van der Waals surface area (Å²) >= 11 is 2.99. The minimum atomic E-state index is -0.450. The fourth-order valence-corrected chi connectivity index (χ4v) is 5.18. The molecule has 1 aliphatic carbocycles. The molecule has 3 rings (SSSR count). The van der Waals surface area contributed by atoms with Crippen LogP contribution in [0.3, 0.4) is 0 Å². The topological polar surface area (TPSA) is 72.2 Å². The maximum Gasteiger partial charge on any atom is 0.251 e. The van der Waals surface area contributed by atoms with Crippen molar-refractivity contribution in [3.05, 3.63) is 45.8 Å². The van der Waals surface area contributed by atoms with Gasteiger partial charge in [-0.15, -0.1) is 23.1 Å². The standard InChI is InChI=1S/C19H22N2O2S2/c1-11-3-6-13(7-4-11)24-10-16(22)21-19-17(18(20)23)14-8-5-12(2)9-15(14)25-19/h3-4,6-7,12H,5,8-10H2,1-2H3,(H2,20,23)(H,21,22). The van der Waals surface area contributed by atoms with Gasteiger partial charge in [-0.2, -0.15) is 0 Å². The maximum atomic E-state index is 12.3. The van der Waals surface area contributed by atoms with Gasteiger partial charge in [0.2, 0.25) is 5.91 Å². The molecule has 0 fully saturated rings. The SMILES string of the molecule is Cc1ccc(SCC(=O)Nc2sc3c(c2C(N)=O)CCC(C)C3)cc1. The van der Waals surface area contributed by atoms with Gasteiger partial charge in [-0.1, -0.05) is 24.6 Å². The molecule has 6 heteroatoms. The lowest BCUT2D eigenvalue weighted by Gasteiger charge is -2.18. The van der Waals surface area contributed by atoms with Crippen molar-refractivity contribution in [2.24, 2.45) is 11.7 Å². The van der Waals surface area contributed by atoms with E-state index in [1.54, 1.807) is 0 Å². The van der Waals surface area contributed by atoms with Gasteiger partial charge in [-0.3, -0.25) is 9.59 Å². The maximum absolute atomic E-state index is 12.3. The minimum absolute atomic E-state index is 0.111. The van der Waals surface area contributed by atoms with Crippen molar-refractivity contribution in [2.75, 3.05) is 11.1 Å². The Morgan fingerprint density at radius 1 is 1.32 bits per heavy atom. The average molecular weight is 375 g/mol. The summed E-state index contributed by atoms with van der Waals surface area (Å²) in [6.45, 7) is 4.25. The number of nitrogens with two attached hydrogens (primary N) is 1. The molecule has 132 valence electrons. The molecule has 1 atom stereocenters. The van der Waals surface area contributed by atoms with Crippen LogP contribution in [-0.4, -0.2) is 17.6 Å². The van der Waals surface area contributed by atoms with E-state index in [0.29, 0.717) is 22.2 Å². The van der Waals surface area contributed by atoms with Crippen LogP contribution in [-0.2, 0) is 17.6 Å². The molecule has 1 aliphatic rings. The minimum Gasteiger partial charge on any atom is -0.365 e. The zero-order valence-electron chi connectivity index (χ0n) is 14.4. The Bertz CT molecular complexity index is 797. The molecular formula is C19H22N2O2S2. The highest BCUT2D eigenvalue weighted by Gasteiger charge is 2.27. The normalized spacial score (nSPS) is 16.3. The van der Waals surface area contributed by atoms with Crippen LogP contribution in [0.4, 0.5) is 5.00 Å². The summed E-state index contributed by atoms with van der Waals surface area (Å²) in [5.41, 5.74) is 8.33. The van der Waals surface area contributed by atoms with Crippen LogP contribution >= 0.6 is 23.1 Å². The molecule has 0 saturated heterocycles. The Balaban J connectivity index is 1.70. The van der Waals surface area contributed by atoms with Crippen LogP contribution in [0.1, 0.15) is 39.7 Å². The first-order valence-electron chi connectivity index (χ1n) is 8.37. The van der Waals surface area contributed by atoms with Gasteiger partial charge in [0.25, 0.3) is 5.91 Å². The number of carbonyl (C=O) groups is 2. The van der Waals surface area contributed by atoms with Crippen molar-refractivity contribution in [1.29, 1.82) is 0 Å². The molecule has 0 aliphatic heterocycles. The van der Waals surface area contributed by atoms with Gasteiger partial charge < -0.3 is 11.1 Å². The van der Waals surface area contributed by atoms with Gasteiger partial charge in [0.15, 0.2) is 0 Å². The molecule has 2 aromatic rings. The monoisotopic (exact) mass is 374 g/mol. The van der Waals surface area contributed by atoms with Crippen LogP contribution in [0, 0.1) is 12.8 Å². The van der Waals surface area contributed by atoms with Crippen LogP contribution in [0.2, 0.25) is 0 Å². The second-order valence-corrected chi connectivity index (χ2v) is 8.72. The van der Waals surface area contributed by atoms with Crippen molar-refractivity contribution in [1.82, 2.24) is 0 Å². The van der Waals surface area contributed by atoms with Crippen molar-refractivity contribution in [3.63, 3.8) is 0 Å². The predicted octanol–water partition coefficient (Wildman–Crippen LogP) is 4.01. The number of hydrogen-bond acceptors (Lipinski definition) is 4. The number of carbonyl (C=O) groups excluding carboxylic acids is 2. The van der Waals surface area contributed by atoms with Gasteiger partial charge in [-0.25, -0.2) is 0 Å². The number of hydrogen-bond donors (Lipinski definition) is 2. The van der Waals surface area contributed by atoms with Crippen LogP contribution in [0.25, 0.3) is 0 Å². The molecule has 25 heavy (non-hydrogen) atoms. The number of amides is 2. The summed E-state index contributed by atoms with van der Waals surface area (Å²) in [6, 6.07) is 8.07. The molecule has 0 spiro atoms. The van der Waals surface area contributed by atoms with E-state index < -0.39 is 5.91 Å². The molecule has 1 aromatic carbocycles. The van der Waals surface area contributed by atoms with E-state index >= 15 is 0 Å². The summed E-state index contributed by atoms with van der Waals surface area (Å²) < 4.78 is 0. The third kappa shape index (κ3) is 4.25. The number of primary amides is 1. The van der Waals surface area contributed by atoms with Gasteiger partial charge >= 0.3 is 0 Å². The summed E-state index contributed by atoms with van der Waals surface area (Å²) in [5.74, 6) is 0.348. The van der Waals surface area contributed by atoms with E-state index in [1.165, 1.54) is 33.5 Å². The number of rotatable bonds is 5. The Morgan fingerprint density at radius 3 is 2.72 bits per heavy atom. The fourth-order valence-electron chi connectivity index (χ4n) is 3.05. The number of aryl methyl sites for hydroxylation is 1. The zero-order valence-corrected chi connectivity index (χ0v) is 16.1. The van der Waals surface area contributed by atoms with Crippen LogP contribution in [0.5, 0.6) is 0 Å². The van der Waals surface area contributed by atoms with E-state index in [-0.39, 0.29) is 5.91 Å². The Kier molecular flexibility index (Phi) is 5.49. The quantitative estimate of drug-likeness (QED) is 0.777. The van der Waals surface area contributed by atoms with E-state index in [0.717, 1.165) is 29.7 Å². The molecule has 1 heterocycles. The van der Waals surface area contributed by atoms with Crippen molar-refractivity contribution >= 4 is 39.9 Å². The molecule has 1 unspecified atom stereocenters. The molecule has 1 aromatic heterocycles. The molecular weight excluding hydrogens is 352 g/mol. The lowest BCUT2D eigenvalue weighted by molar-refractivity contribution is -0.113. The Morgan fingerprint density at radius 2 is 2.04 bits per heavy atom. The number of thioether (sulfide) groups is 1. The average Bonchev–Trinajstić information content (AvgIpc) is 2.91. The first-order chi connectivity index (χ1) is 11.9. The number of thiophene rings is 1. The predicted molar refractivity (Wildman–Crippen MR) is 105 cm³/mol. The van der Waals surface area contributed by atoms with Crippen LogP contribution < -0.4 is 11.1 Å². The lowest BCUT2D eigenvalue weighted by Crippen LogP contribution is -2.20. The smallest absolute Gasteiger partial charge is 0.251 e. The first-order valence-corrected chi connectivity index (χ1v) is 10.2. The second kappa shape index (κ2) is 7.62. The summed E-state index contributed by atoms with van der Waals surface area (Å²) in [7, 11) is 0. The van der Waals surface area contributed by atoms with Crippen molar-refractivity contribution in [2.45, 2.75) is 38.0 Å². The Hall–Kier alpha value is -1.79. The first kappa shape index (κ1) is 18.0. The van der Waals surface area contributed by atoms with Gasteiger partial charge in [0.1, 0.15) is 5.00 Å². The third-order valence-electron chi connectivity index (χ3n) is 4.40. The highest BCUT2D eigenvalue weighted by molar-refractivity contribution is 8.00. The Labute approximate surface area is 156 Å². The largest absolute Gasteiger partial charge is 0.365 e. The molecule has 4 nitrogen and oxygen atoms in total. The van der Waals surface area contributed by atoms with Crippen LogP contribution in [0.15, 0.2) is 29.2 Å². The molecule has 0 saturated carbocycles. The van der Waals surface area contributed by atoms with E-state index in [2.05, 4.69) is 12.2 Å². The van der Waals surface area contributed by atoms with Gasteiger partial charge in [0, 0.05) is 9.77 Å². The number of nitrogens with one attached hydrogen (secondary N) is 1. The van der Waals surface area contributed by atoms with Gasteiger partial charge in [0.05, 0.1) is 11.3 Å². The number of benzene rings is 1. The highest BCUT2D eigenvalue weighted by Crippen LogP contribution is 2.39. The molecule has 2 amide bonds. The van der Waals surface area contributed by atoms with Crippen molar-refractivity contribution < 1.29 is 9.59 Å². The summed E-state index contributed by atoms with van der Waals surface area (Å²) in [4.78, 5) is 26.5. The number of anilines is 1.